The molecule has 0 aromatic carbocycles. The van der Waals surface area contributed by atoms with Crippen LogP contribution in [-0.2, 0) is 22.8 Å². The molecule has 8 nitrogen and oxygen atoms in total. The van der Waals surface area contributed by atoms with E-state index < -0.39 is 16.4 Å². The van der Waals surface area contributed by atoms with Crippen molar-refractivity contribution in [2.75, 3.05) is 18.1 Å². The number of fused-ring (bicyclic) bond motifs is 1. The standard InChI is InChI=1S/C19H23N5O3S/c1-4-10-20-17(25)13-11-21-18(28(3)27)24-16(13)23-14-7-6-12-8-9-19(26,5-2)15(12)22-14/h4,6-7,11,26H,1,5,8-10H2,2-3H3,(H,20,25)(H,21,22,23,24)/t19-,28?/m1/s1. The number of carbonyl (C=O) groups is 1. The minimum atomic E-state index is -1.41. The molecular weight excluding hydrogens is 378 g/mol. The lowest BCUT2D eigenvalue weighted by molar-refractivity contribution is 0.0307. The third kappa shape index (κ3) is 3.95. The van der Waals surface area contributed by atoms with Crippen LogP contribution in [0, 0.1) is 0 Å². The fourth-order valence-electron chi connectivity index (χ4n) is 3.11. The third-order valence-electron chi connectivity index (χ3n) is 4.73. The molecule has 3 rings (SSSR count). The maximum Gasteiger partial charge on any atom is 0.256 e. The Bertz CT molecular complexity index is 949. The van der Waals surface area contributed by atoms with Crippen molar-refractivity contribution in [3.63, 3.8) is 0 Å². The molecule has 148 valence electrons. The molecule has 9 heteroatoms. The average Bonchev–Trinajstić information content (AvgIpc) is 3.03. The molecule has 28 heavy (non-hydrogen) atoms. The van der Waals surface area contributed by atoms with Crippen molar-refractivity contribution in [1.82, 2.24) is 20.3 Å². The van der Waals surface area contributed by atoms with Crippen molar-refractivity contribution < 1.29 is 14.1 Å². The highest BCUT2D eigenvalue weighted by atomic mass is 32.2. The summed E-state index contributed by atoms with van der Waals surface area (Å²) in [5.41, 5.74) is 0.908. The Morgan fingerprint density at radius 1 is 1.43 bits per heavy atom. The minimum Gasteiger partial charge on any atom is -0.384 e. The second-order valence-corrected chi connectivity index (χ2v) is 7.86. The number of nitrogens with one attached hydrogen (secondary N) is 2. The van der Waals surface area contributed by atoms with Gasteiger partial charge >= 0.3 is 0 Å². The Labute approximate surface area is 166 Å². The molecule has 1 amide bonds. The van der Waals surface area contributed by atoms with Crippen LogP contribution >= 0.6 is 0 Å². The van der Waals surface area contributed by atoms with E-state index in [0.29, 0.717) is 30.9 Å². The highest BCUT2D eigenvalue weighted by Crippen LogP contribution is 2.38. The van der Waals surface area contributed by atoms with Gasteiger partial charge in [0.25, 0.3) is 5.91 Å². The van der Waals surface area contributed by atoms with Crippen LogP contribution in [0.1, 0.15) is 41.4 Å². The molecule has 0 bridgehead atoms. The molecule has 0 aliphatic heterocycles. The fraction of sp³-hybridized carbons (Fsp3) is 0.368. The van der Waals surface area contributed by atoms with Crippen LogP contribution in [0.25, 0.3) is 0 Å². The normalized spacial score (nSPS) is 19.0. The lowest BCUT2D eigenvalue weighted by Crippen LogP contribution is -2.25. The number of hydrogen-bond acceptors (Lipinski definition) is 7. The van der Waals surface area contributed by atoms with Gasteiger partial charge in [-0.2, -0.15) is 0 Å². The first-order chi connectivity index (χ1) is 13.4. The van der Waals surface area contributed by atoms with Gasteiger partial charge in [0.2, 0.25) is 5.16 Å². The van der Waals surface area contributed by atoms with Crippen molar-refractivity contribution in [3.05, 3.63) is 47.8 Å². The summed E-state index contributed by atoms with van der Waals surface area (Å²) in [7, 11) is -1.41. The van der Waals surface area contributed by atoms with Crippen molar-refractivity contribution in [3.8, 4) is 0 Å². The maximum atomic E-state index is 12.4. The summed E-state index contributed by atoms with van der Waals surface area (Å²) >= 11 is 0. The number of rotatable bonds is 7. The summed E-state index contributed by atoms with van der Waals surface area (Å²) < 4.78 is 11.8. The van der Waals surface area contributed by atoms with E-state index in [2.05, 4.69) is 32.2 Å². The number of anilines is 2. The highest BCUT2D eigenvalue weighted by molar-refractivity contribution is 7.84. The number of nitrogens with zero attached hydrogens (tertiary/aromatic N) is 3. The first kappa shape index (κ1) is 20.1. The SMILES string of the molecule is C=CCNC(=O)c1cnc(S(C)=O)nc1Nc1ccc2c(n1)[C@@](O)(CC)CC2. The highest BCUT2D eigenvalue weighted by Gasteiger charge is 2.36. The first-order valence-corrected chi connectivity index (χ1v) is 10.5. The summed E-state index contributed by atoms with van der Waals surface area (Å²) in [5, 5.41) is 16.6. The van der Waals surface area contributed by atoms with Crippen LogP contribution in [0.15, 0.2) is 36.1 Å². The Balaban J connectivity index is 1.98. The van der Waals surface area contributed by atoms with E-state index in [1.165, 1.54) is 12.5 Å². The number of carbonyl (C=O) groups excluding carboxylic acids is 1. The smallest absolute Gasteiger partial charge is 0.256 e. The average molecular weight is 401 g/mol. The molecule has 0 spiro atoms. The monoisotopic (exact) mass is 401 g/mol. The number of hydrogen-bond donors (Lipinski definition) is 3. The molecule has 3 N–H and O–H groups in total. The number of aliphatic hydroxyl groups is 1. The summed E-state index contributed by atoms with van der Waals surface area (Å²) in [4.78, 5) is 25.2. The predicted octanol–water partition coefficient (Wildman–Crippen LogP) is 1.81. The first-order valence-electron chi connectivity index (χ1n) is 8.97. The van der Waals surface area contributed by atoms with Crippen molar-refractivity contribution >= 4 is 28.3 Å². The summed E-state index contributed by atoms with van der Waals surface area (Å²) in [6.45, 7) is 5.79. The molecule has 0 fully saturated rings. The molecule has 1 unspecified atom stereocenters. The van der Waals surface area contributed by atoms with Crippen LogP contribution in [0.5, 0.6) is 0 Å². The molecule has 0 saturated carbocycles. The van der Waals surface area contributed by atoms with Crippen molar-refractivity contribution in [1.29, 1.82) is 0 Å². The predicted molar refractivity (Wildman–Crippen MR) is 107 cm³/mol. The van der Waals surface area contributed by atoms with Crippen LogP contribution < -0.4 is 10.6 Å². The quantitative estimate of drug-likeness (QED) is 0.478. The van der Waals surface area contributed by atoms with Gasteiger partial charge in [-0.3, -0.25) is 9.00 Å². The van der Waals surface area contributed by atoms with E-state index in [4.69, 9.17) is 0 Å². The van der Waals surface area contributed by atoms with Gasteiger partial charge in [-0.1, -0.05) is 19.1 Å². The van der Waals surface area contributed by atoms with Gasteiger partial charge < -0.3 is 15.7 Å². The van der Waals surface area contributed by atoms with Crippen LogP contribution in [0.4, 0.5) is 11.6 Å². The number of pyridine rings is 1. The zero-order chi connectivity index (χ0) is 20.3. The van der Waals surface area contributed by atoms with Crippen molar-refractivity contribution in [2.24, 2.45) is 0 Å². The summed E-state index contributed by atoms with van der Waals surface area (Å²) in [5.74, 6) is 0.256. The Morgan fingerprint density at radius 3 is 2.89 bits per heavy atom. The molecule has 2 aromatic heterocycles. The van der Waals surface area contributed by atoms with Crippen molar-refractivity contribution in [2.45, 2.75) is 36.9 Å². The van der Waals surface area contributed by atoms with Gasteiger partial charge in [-0.05, 0) is 30.9 Å². The Hall–Kier alpha value is -2.65. The molecule has 0 saturated heterocycles. The van der Waals surface area contributed by atoms with E-state index in [1.54, 1.807) is 12.1 Å². The molecule has 1 aliphatic carbocycles. The second kappa shape index (κ2) is 8.15. The zero-order valence-electron chi connectivity index (χ0n) is 15.9. The Morgan fingerprint density at radius 2 is 2.21 bits per heavy atom. The van der Waals surface area contributed by atoms with Gasteiger partial charge in [0, 0.05) is 19.0 Å². The minimum absolute atomic E-state index is 0.106. The van der Waals surface area contributed by atoms with Gasteiger partial charge in [0.1, 0.15) is 22.8 Å². The molecule has 2 atom stereocenters. The van der Waals surface area contributed by atoms with Gasteiger partial charge in [0.15, 0.2) is 0 Å². The topological polar surface area (TPSA) is 117 Å². The van der Waals surface area contributed by atoms with Gasteiger partial charge in [-0.15, -0.1) is 6.58 Å². The number of aromatic nitrogens is 3. The lowest BCUT2D eigenvalue weighted by atomic mass is 9.98. The maximum absolute atomic E-state index is 12.4. The van der Waals surface area contributed by atoms with E-state index in [-0.39, 0.29) is 22.4 Å². The number of aryl methyl sites for hydroxylation is 1. The molecule has 0 radical (unpaired) electrons. The second-order valence-electron chi connectivity index (χ2n) is 6.58. The number of amides is 1. The molecule has 2 aromatic rings. The third-order valence-corrected chi connectivity index (χ3v) is 5.45. The largest absolute Gasteiger partial charge is 0.384 e. The lowest BCUT2D eigenvalue weighted by Gasteiger charge is -2.21. The van der Waals surface area contributed by atoms with Crippen LogP contribution in [0.3, 0.4) is 0 Å². The van der Waals surface area contributed by atoms with E-state index in [9.17, 15) is 14.1 Å². The molecule has 1 aliphatic rings. The summed E-state index contributed by atoms with van der Waals surface area (Å²) in [6.07, 6.45) is 6.34. The summed E-state index contributed by atoms with van der Waals surface area (Å²) in [6, 6.07) is 3.69. The Kier molecular flexibility index (Phi) is 5.85. The van der Waals surface area contributed by atoms with Gasteiger partial charge in [-0.25, -0.2) is 15.0 Å². The van der Waals surface area contributed by atoms with Crippen LogP contribution in [0.2, 0.25) is 0 Å². The van der Waals surface area contributed by atoms with E-state index in [1.807, 2.05) is 13.0 Å². The molecular formula is C19H23N5O3S. The van der Waals surface area contributed by atoms with Crippen LogP contribution in [-0.4, -0.2) is 43.0 Å². The fourth-order valence-corrected chi connectivity index (χ4v) is 3.53. The van der Waals surface area contributed by atoms with E-state index >= 15 is 0 Å². The van der Waals surface area contributed by atoms with E-state index in [0.717, 1.165) is 12.0 Å². The zero-order valence-corrected chi connectivity index (χ0v) is 16.7. The molecule has 2 heterocycles. The van der Waals surface area contributed by atoms with Gasteiger partial charge in [0.05, 0.1) is 16.5 Å².